The largest absolute Gasteiger partial charge is 0.489 e. The molecule has 1 N–H and O–H groups in total. The van der Waals surface area contributed by atoms with E-state index in [0.29, 0.717) is 11.5 Å². The third-order valence-corrected chi connectivity index (χ3v) is 4.73. The van der Waals surface area contributed by atoms with Gasteiger partial charge in [0.1, 0.15) is 11.9 Å². The molecule has 20 heavy (non-hydrogen) atoms. The zero-order valence-corrected chi connectivity index (χ0v) is 13.6. The number of ether oxygens (including phenoxy) is 1. The fraction of sp³-hybridized carbons (Fsp3) is 0.667. The molecule has 0 saturated heterocycles. The van der Waals surface area contributed by atoms with E-state index in [1.54, 1.807) is 0 Å². The predicted molar refractivity (Wildman–Crippen MR) is 85.4 cm³/mol. The smallest absolute Gasteiger partial charge is 0.122 e. The molecule has 0 spiro atoms. The third-order valence-electron chi connectivity index (χ3n) is 4.73. The van der Waals surface area contributed by atoms with Gasteiger partial charge in [-0.1, -0.05) is 32.9 Å². The van der Waals surface area contributed by atoms with Crippen LogP contribution in [0.25, 0.3) is 0 Å². The Bertz CT molecular complexity index is 453. The SMILES string of the molecule is CCCNC1C(Oc2cccc(C)c2C)CCC1(C)C. The first-order valence-corrected chi connectivity index (χ1v) is 7.92. The molecule has 2 heteroatoms. The zero-order chi connectivity index (χ0) is 14.8. The van der Waals surface area contributed by atoms with Crippen molar-refractivity contribution in [3.05, 3.63) is 29.3 Å². The average molecular weight is 275 g/mol. The van der Waals surface area contributed by atoms with E-state index in [1.165, 1.54) is 24.0 Å². The van der Waals surface area contributed by atoms with Crippen LogP contribution < -0.4 is 10.1 Å². The Morgan fingerprint density at radius 2 is 2.05 bits per heavy atom. The summed E-state index contributed by atoms with van der Waals surface area (Å²) < 4.78 is 6.37. The third kappa shape index (κ3) is 3.17. The second-order valence-corrected chi connectivity index (χ2v) is 6.81. The van der Waals surface area contributed by atoms with Crippen molar-refractivity contribution in [1.29, 1.82) is 0 Å². The summed E-state index contributed by atoms with van der Waals surface area (Å²) in [5.74, 6) is 1.05. The number of hydrogen-bond acceptors (Lipinski definition) is 2. The van der Waals surface area contributed by atoms with Crippen molar-refractivity contribution in [3.63, 3.8) is 0 Å². The van der Waals surface area contributed by atoms with E-state index in [0.717, 1.165) is 18.7 Å². The summed E-state index contributed by atoms with van der Waals surface area (Å²) in [4.78, 5) is 0. The summed E-state index contributed by atoms with van der Waals surface area (Å²) in [5, 5.41) is 3.70. The zero-order valence-electron chi connectivity index (χ0n) is 13.6. The highest BCUT2D eigenvalue weighted by Crippen LogP contribution is 2.40. The molecule has 2 atom stereocenters. The maximum absolute atomic E-state index is 6.37. The maximum Gasteiger partial charge on any atom is 0.122 e. The van der Waals surface area contributed by atoms with E-state index in [4.69, 9.17) is 4.74 Å². The molecule has 0 amide bonds. The Morgan fingerprint density at radius 3 is 2.75 bits per heavy atom. The van der Waals surface area contributed by atoms with Gasteiger partial charge in [0.25, 0.3) is 0 Å². The van der Waals surface area contributed by atoms with E-state index >= 15 is 0 Å². The Labute approximate surface area is 123 Å². The van der Waals surface area contributed by atoms with Crippen molar-refractivity contribution < 1.29 is 4.74 Å². The minimum absolute atomic E-state index is 0.289. The fourth-order valence-corrected chi connectivity index (χ4v) is 3.19. The van der Waals surface area contributed by atoms with E-state index in [2.05, 4.69) is 58.1 Å². The van der Waals surface area contributed by atoms with Crippen molar-refractivity contribution in [3.8, 4) is 5.75 Å². The lowest BCUT2D eigenvalue weighted by Crippen LogP contribution is -2.47. The quantitative estimate of drug-likeness (QED) is 0.868. The first kappa shape index (κ1) is 15.4. The molecule has 0 radical (unpaired) electrons. The lowest BCUT2D eigenvalue weighted by Gasteiger charge is -2.32. The summed E-state index contributed by atoms with van der Waals surface area (Å²) in [6.07, 6.45) is 3.83. The van der Waals surface area contributed by atoms with Gasteiger partial charge < -0.3 is 10.1 Å². The number of benzene rings is 1. The molecule has 1 aliphatic carbocycles. The van der Waals surface area contributed by atoms with Crippen LogP contribution in [0.3, 0.4) is 0 Å². The molecule has 1 fully saturated rings. The number of nitrogens with one attached hydrogen (secondary N) is 1. The van der Waals surface area contributed by atoms with Crippen molar-refractivity contribution >= 4 is 0 Å². The number of hydrogen-bond donors (Lipinski definition) is 1. The Morgan fingerprint density at radius 1 is 1.30 bits per heavy atom. The van der Waals surface area contributed by atoms with E-state index < -0.39 is 0 Å². The van der Waals surface area contributed by atoms with Gasteiger partial charge in [0.05, 0.1) is 0 Å². The second kappa shape index (κ2) is 6.17. The van der Waals surface area contributed by atoms with Crippen LogP contribution in [0.4, 0.5) is 0 Å². The van der Waals surface area contributed by atoms with Crippen LogP contribution in [0.1, 0.15) is 51.2 Å². The first-order valence-electron chi connectivity index (χ1n) is 7.92. The molecule has 0 aliphatic heterocycles. The lowest BCUT2D eigenvalue weighted by molar-refractivity contribution is 0.139. The van der Waals surface area contributed by atoms with Crippen LogP contribution in [0.5, 0.6) is 5.75 Å². The lowest BCUT2D eigenvalue weighted by atomic mass is 9.87. The van der Waals surface area contributed by atoms with Crippen molar-refractivity contribution in [1.82, 2.24) is 5.32 Å². The minimum Gasteiger partial charge on any atom is -0.489 e. The van der Waals surface area contributed by atoms with Gasteiger partial charge in [0, 0.05) is 6.04 Å². The molecule has 0 bridgehead atoms. The van der Waals surface area contributed by atoms with Crippen LogP contribution in [0.2, 0.25) is 0 Å². The Kier molecular flexibility index (Phi) is 4.74. The van der Waals surface area contributed by atoms with Crippen molar-refractivity contribution in [2.45, 2.75) is 66.0 Å². The molecular weight excluding hydrogens is 246 g/mol. The van der Waals surface area contributed by atoms with Gasteiger partial charge in [-0.05, 0) is 62.3 Å². The summed E-state index contributed by atoms with van der Waals surface area (Å²) in [5.41, 5.74) is 2.89. The highest BCUT2D eigenvalue weighted by atomic mass is 16.5. The highest BCUT2D eigenvalue weighted by Gasteiger charge is 2.43. The minimum atomic E-state index is 0.289. The maximum atomic E-state index is 6.37. The summed E-state index contributed by atoms with van der Waals surface area (Å²) in [6, 6.07) is 6.78. The molecular formula is C18H29NO. The van der Waals surface area contributed by atoms with Gasteiger partial charge in [-0.25, -0.2) is 0 Å². The average Bonchev–Trinajstić information content (AvgIpc) is 2.68. The first-order chi connectivity index (χ1) is 9.45. The van der Waals surface area contributed by atoms with Crippen LogP contribution in [-0.2, 0) is 0 Å². The molecule has 0 heterocycles. The number of aryl methyl sites for hydroxylation is 1. The van der Waals surface area contributed by atoms with Crippen LogP contribution >= 0.6 is 0 Å². The fourth-order valence-electron chi connectivity index (χ4n) is 3.19. The van der Waals surface area contributed by atoms with E-state index in [9.17, 15) is 0 Å². The normalized spacial score (nSPS) is 24.9. The molecule has 2 rings (SSSR count). The molecule has 1 aromatic carbocycles. The molecule has 1 aromatic rings. The van der Waals surface area contributed by atoms with Gasteiger partial charge in [-0.15, -0.1) is 0 Å². The van der Waals surface area contributed by atoms with E-state index in [1.807, 2.05) is 0 Å². The molecule has 0 aromatic heterocycles. The molecule has 112 valence electrons. The summed E-state index contributed by atoms with van der Waals surface area (Å²) in [7, 11) is 0. The van der Waals surface area contributed by atoms with Crippen molar-refractivity contribution in [2.24, 2.45) is 5.41 Å². The molecule has 1 saturated carbocycles. The Balaban J connectivity index is 2.13. The van der Waals surface area contributed by atoms with Gasteiger partial charge in [-0.3, -0.25) is 0 Å². The summed E-state index contributed by atoms with van der Waals surface area (Å²) >= 11 is 0. The predicted octanol–water partition coefficient (Wildman–Crippen LogP) is 4.24. The molecule has 1 aliphatic rings. The topological polar surface area (TPSA) is 21.3 Å². The van der Waals surface area contributed by atoms with Crippen LogP contribution in [-0.4, -0.2) is 18.7 Å². The Hall–Kier alpha value is -1.02. The van der Waals surface area contributed by atoms with Gasteiger partial charge >= 0.3 is 0 Å². The van der Waals surface area contributed by atoms with Gasteiger partial charge in [-0.2, -0.15) is 0 Å². The highest BCUT2D eigenvalue weighted by molar-refractivity contribution is 5.38. The molecule has 2 unspecified atom stereocenters. The number of rotatable bonds is 5. The summed E-state index contributed by atoms with van der Waals surface area (Å²) in [6.45, 7) is 12.3. The van der Waals surface area contributed by atoms with Crippen molar-refractivity contribution in [2.75, 3.05) is 6.54 Å². The monoisotopic (exact) mass is 275 g/mol. The molecule has 2 nitrogen and oxygen atoms in total. The van der Waals surface area contributed by atoms with Crippen LogP contribution in [0, 0.1) is 19.3 Å². The standard InChI is InChI=1S/C18H29NO/c1-6-12-19-17-16(10-11-18(17,4)5)20-15-9-7-8-13(2)14(15)3/h7-9,16-17,19H,6,10-12H2,1-5H3. The van der Waals surface area contributed by atoms with Gasteiger partial charge in [0.2, 0.25) is 0 Å². The van der Waals surface area contributed by atoms with E-state index in [-0.39, 0.29) is 6.10 Å². The van der Waals surface area contributed by atoms with Gasteiger partial charge in [0.15, 0.2) is 0 Å². The second-order valence-electron chi connectivity index (χ2n) is 6.81. The van der Waals surface area contributed by atoms with Crippen LogP contribution in [0.15, 0.2) is 18.2 Å².